The number of hydrogen-bond acceptors (Lipinski definition) is 14. The Labute approximate surface area is 354 Å². The third-order valence-electron chi connectivity index (χ3n) is 8.52. The summed E-state index contributed by atoms with van der Waals surface area (Å²) in [5.74, 6) is -0.193. The zero-order valence-corrected chi connectivity index (χ0v) is 33.3. The lowest BCUT2D eigenvalue weighted by molar-refractivity contribution is -0.385. The van der Waals surface area contributed by atoms with Gasteiger partial charge in [0, 0.05) is 121 Å². The maximum Gasteiger partial charge on any atom is 0.312 e. The number of benzene rings is 3. The third kappa shape index (κ3) is 13.5. The average Bonchev–Trinajstić information content (AvgIpc) is 3.24. The van der Waals surface area contributed by atoms with Crippen LogP contribution >= 0.6 is 34.8 Å². The van der Waals surface area contributed by atoms with Crippen LogP contribution in [0.15, 0.2) is 36.4 Å². The van der Waals surface area contributed by atoms with Gasteiger partial charge >= 0.3 is 11.4 Å². The molecular weight excluding hydrogens is 796 g/mol. The molecule has 56 heavy (non-hydrogen) atoms. The first kappa shape index (κ1) is 34.0. The van der Waals surface area contributed by atoms with E-state index in [0.717, 1.165) is 30.9 Å². The van der Waals surface area contributed by atoms with Crippen LogP contribution in [0.5, 0.6) is 17.2 Å². The van der Waals surface area contributed by atoms with Crippen LogP contribution in [-0.4, -0.2) is 145 Å². The summed E-state index contributed by atoms with van der Waals surface area (Å²) < 4.78 is 93.2. The molecule has 0 radical (unpaired) electrons. The van der Waals surface area contributed by atoms with Crippen molar-refractivity contribution in [2.75, 3.05) is 136 Å². The summed E-state index contributed by atoms with van der Waals surface area (Å²) in [6.45, 7) is 0.648. The quantitative estimate of drug-likeness (QED) is 0.171. The minimum Gasteiger partial charge on any atom is -0.495 e. The first-order chi connectivity index (χ1) is 30.2. The van der Waals surface area contributed by atoms with Crippen molar-refractivity contribution in [3.8, 4) is 17.2 Å². The van der Waals surface area contributed by atoms with Crippen molar-refractivity contribution in [2.24, 2.45) is 0 Å². The SMILES string of the molecule is COc1cc(F)c(Cl)cc1[N+](=O)[O-].[2H]C([2H])([2H])N1CCN(c2cc(OC)c(N)cc2Cl)CC1.[2H]C([2H])([2H])N1CCN(c2cc(OC)c([N+](=O)[O-])cc2Cl)CC1.[2H]C([2H])([2H])N1CCNCC1. The van der Waals surface area contributed by atoms with Gasteiger partial charge in [-0.15, -0.1) is 0 Å². The number of hydrogen-bond donors (Lipinski definition) is 2. The van der Waals surface area contributed by atoms with Crippen molar-refractivity contribution in [2.45, 2.75) is 0 Å². The van der Waals surface area contributed by atoms with Crippen molar-refractivity contribution >= 4 is 63.2 Å². The molecule has 0 amide bonds. The van der Waals surface area contributed by atoms with Crippen LogP contribution in [0.4, 0.5) is 32.8 Å². The molecule has 3 aliphatic rings. The first-order valence-electron chi connectivity index (χ1n) is 21.5. The van der Waals surface area contributed by atoms with Gasteiger partial charge in [-0.25, -0.2) is 4.39 Å². The Morgan fingerprint density at radius 3 is 1.45 bits per heavy atom. The number of nitrogens with one attached hydrogen (secondary N) is 1. The second kappa shape index (κ2) is 22.6. The Morgan fingerprint density at radius 1 is 0.643 bits per heavy atom. The molecule has 0 atom stereocenters. The molecule has 0 saturated carbocycles. The van der Waals surface area contributed by atoms with Gasteiger partial charge in [-0.1, -0.05) is 34.8 Å². The number of halogens is 4. The van der Waals surface area contributed by atoms with Crippen LogP contribution in [0, 0.1) is 26.0 Å². The number of likely N-dealkylation sites (N-methyl/N-ethyl adjacent to an activating group) is 3. The molecule has 16 nitrogen and oxygen atoms in total. The normalized spacial score (nSPS) is 19.3. The van der Waals surface area contributed by atoms with E-state index in [-0.39, 0.29) is 32.9 Å². The zero-order chi connectivity index (χ0) is 49.0. The molecule has 0 aromatic heterocycles. The second-order valence-corrected chi connectivity index (χ2v) is 13.4. The molecule has 3 fully saturated rings. The summed E-state index contributed by atoms with van der Waals surface area (Å²) in [4.78, 5) is 28.5. The molecule has 310 valence electrons. The minimum atomic E-state index is -2.11. The van der Waals surface area contributed by atoms with E-state index < -0.39 is 36.6 Å². The highest BCUT2D eigenvalue weighted by Gasteiger charge is 2.23. The average molecular weight is 856 g/mol. The Morgan fingerprint density at radius 2 is 1.04 bits per heavy atom. The number of nitrogens with zero attached hydrogens (tertiary/aromatic N) is 7. The molecule has 3 aromatic rings. The number of ether oxygens (including phenoxy) is 3. The van der Waals surface area contributed by atoms with E-state index in [2.05, 4.69) is 10.1 Å². The smallest absolute Gasteiger partial charge is 0.312 e. The topological polar surface area (TPSA) is 168 Å². The molecule has 0 bridgehead atoms. The first-order valence-corrected chi connectivity index (χ1v) is 18.1. The van der Waals surface area contributed by atoms with E-state index in [9.17, 15) is 24.6 Å². The van der Waals surface area contributed by atoms with Gasteiger partial charge < -0.3 is 49.8 Å². The predicted octanol–water partition coefficient (Wildman–Crippen LogP) is 5.61. The molecule has 3 aromatic carbocycles. The van der Waals surface area contributed by atoms with Crippen molar-refractivity contribution in [3.63, 3.8) is 0 Å². The van der Waals surface area contributed by atoms with E-state index in [4.69, 9.17) is 62.3 Å². The van der Waals surface area contributed by atoms with Crippen LogP contribution < -0.4 is 35.1 Å². The Kier molecular flexibility index (Phi) is 13.7. The summed E-state index contributed by atoms with van der Waals surface area (Å²) in [7, 11) is 4.12. The molecule has 3 saturated heterocycles. The van der Waals surface area contributed by atoms with Crippen LogP contribution in [0.2, 0.25) is 15.1 Å². The van der Waals surface area contributed by atoms with Gasteiger partial charge in [0.15, 0.2) is 11.5 Å². The summed E-state index contributed by atoms with van der Waals surface area (Å²) >= 11 is 17.7. The lowest BCUT2D eigenvalue weighted by Crippen LogP contribution is -2.44. The second-order valence-electron chi connectivity index (χ2n) is 12.2. The van der Waals surface area contributed by atoms with E-state index in [0.29, 0.717) is 87.6 Å². The highest BCUT2D eigenvalue weighted by molar-refractivity contribution is 6.34. The van der Waals surface area contributed by atoms with Gasteiger partial charge in [0.05, 0.1) is 63.3 Å². The van der Waals surface area contributed by atoms with Crippen LogP contribution in [0.3, 0.4) is 0 Å². The van der Waals surface area contributed by atoms with Gasteiger partial charge in [-0.3, -0.25) is 20.2 Å². The lowest BCUT2D eigenvalue weighted by atomic mass is 10.2. The Bertz CT molecular complexity index is 2080. The summed E-state index contributed by atoms with van der Waals surface area (Å²) in [6.07, 6.45) is 0. The number of nitrogen functional groups attached to an aromatic ring is 1. The fourth-order valence-corrected chi connectivity index (χ4v) is 6.17. The van der Waals surface area contributed by atoms with Crippen molar-refractivity contribution in [1.82, 2.24) is 20.0 Å². The number of nitro groups is 2. The number of methoxy groups -OCH3 is 3. The molecule has 0 unspecified atom stereocenters. The van der Waals surface area contributed by atoms with Gasteiger partial charge in [-0.2, -0.15) is 0 Å². The van der Waals surface area contributed by atoms with Gasteiger partial charge in [-0.05, 0) is 27.0 Å². The number of piperazine rings is 3. The fraction of sp³-hybridized carbons (Fsp3) is 0.500. The van der Waals surface area contributed by atoms with Crippen molar-refractivity contribution in [3.05, 3.63) is 77.5 Å². The Balaban J connectivity index is 0.000000240. The highest BCUT2D eigenvalue weighted by Crippen LogP contribution is 2.38. The minimum absolute atomic E-state index is 0.127. The van der Waals surface area contributed by atoms with Gasteiger partial charge in [0.2, 0.25) is 0 Å². The summed E-state index contributed by atoms with van der Waals surface area (Å²) in [5.41, 5.74) is 7.17. The number of rotatable bonds is 7. The van der Waals surface area contributed by atoms with Crippen LogP contribution in [0.1, 0.15) is 12.3 Å². The zero-order valence-electron chi connectivity index (χ0n) is 40.0. The van der Waals surface area contributed by atoms with E-state index in [1.807, 2.05) is 9.80 Å². The van der Waals surface area contributed by atoms with E-state index in [1.54, 1.807) is 19.2 Å². The monoisotopic (exact) mass is 854 g/mol. The molecule has 0 aliphatic carbocycles. The van der Waals surface area contributed by atoms with Gasteiger partial charge in [0.1, 0.15) is 11.6 Å². The number of anilines is 3. The third-order valence-corrected chi connectivity index (χ3v) is 9.42. The molecule has 20 heteroatoms. The van der Waals surface area contributed by atoms with Gasteiger partial charge in [0.25, 0.3) is 0 Å². The maximum atomic E-state index is 12.8. The molecule has 6 rings (SSSR count). The Hall–Kier alpha value is -4.10. The summed E-state index contributed by atoms with van der Waals surface area (Å²) in [6, 6.07) is 8.02. The fourth-order valence-electron chi connectivity index (χ4n) is 5.44. The molecule has 3 heterocycles. The number of nitro benzene ring substituents is 2. The molecule has 0 spiro atoms. The lowest BCUT2D eigenvalue weighted by Gasteiger charge is -2.34. The van der Waals surface area contributed by atoms with Crippen LogP contribution in [-0.2, 0) is 0 Å². The molecular formula is C36H51Cl3FN9O7. The van der Waals surface area contributed by atoms with E-state index >= 15 is 0 Å². The van der Waals surface area contributed by atoms with Crippen LogP contribution in [0.25, 0.3) is 0 Å². The number of nitrogens with two attached hydrogens (primary N) is 1. The largest absolute Gasteiger partial charge is 0.495 e. The molecule has 3 aliphatic heterocycles. The van der Waals surface area contributed by atoms with Crippen molar-refractivity contribution < 1.29 is 40.8 Å². The van der Waals surface area contributed by atoms with E-state index in [1.165, 1.54) is 41.1 Å². The highest BCUT2D eigenvalue weighted by atomic mass is 35.5. The van der Waals surface area contributed by atoms with Crippen molar-refractivity contribution in [1.29, 1.82) is 0 Å². The predicted molar refractivity (Wildman–Crippen MR) is 221 cm³/mol. The maximum absolute atomic E-state index is 12.8. The summed E-state index contributed by atoms with van der Waals surface area (Å²) in [5, 5.41) is 24.9. The molecule has 3 N–H and O–H groups in total. The standard InChI is InChI=1S/C12H16ClN3O3.C12H18ClN3O.C7H5ClFNO3.C5H12N2/c1-14-3-5-15(6-4-14)10-8-12(19-2)11(16(17)18)7-9(10)13;1-15-3-5-16(6-4-15)11-8-12(17-2)10(14)7-9(11)13;1-13-7-3-5(9)4(8)2-6(7)10(11)12;1-7-4-2-6-3-5-7/h7-8H,3-6H2,1-2H3;7-8H,3-6,14H2,1-2H3;2-3H,1H3;6H,2-5H2,1H3/i2*1D3;;1D3.